The van der Waals surface area contributed by atoms with Crippen molar-refractivity contribution >= 4 is 17.8 Å². The topological polar surface area (TPSA) is 91.8 Å². The fraction of sp³-hybridized carbons (Fsp3) is 0.105. The summed E-state index contributed by atoms with van der Waals surface area (Å²) in [5.41, 5.74) is 1.82. The van der Waals surface area contributed by atoms with Crippen molar-refractivity contribution in [1.29, 1.82) is 0 Å². The molecule has 3 aromatic rings. The van der Waals surface area contributed by atoms with Crippen molar-refractivity contribution < 1.29 is 18.0 Å². The molecular formula is C19H14F3N5O2. The molecule has 10 heteroatoms. The normalized spacial score (nSPS) is 15.5. The van der Waals surface area contributed by atoms with E-state index in [9.17, 15) is 22.8 Å². The smallest absolute Gasteiger partial charge is 0.318 e. The number of hydrogen-bond acceptors (Lipinski definition) is 4. The maximum atomic E-state index is 13.4. The minimum Gasteiger partial charge on any atom is -0.318 e. The average molecular weight is 401 g/mol. The number of halogens is 3. The second-order valence-corrected chi connectivity index (χ2v) is 6.27. The van der Waals surface area contributed by atoms with E-state index in [-0.39, 0.29) is 17.1 Å². The Morgan fingerprint density at radius 2 is 1.93 bits per heavy atom. The van der Waals surface area contributed by atoms with E-state index in [2.05, 4.69) is 20.7 Å². The highest BCUT2D eigenvalue weighted by atomic mass is 19.4. The van der Waals surface area contributed by atoms with Crippen LogP contribution in [0.15, 0.2) is 59.5 Å². The molecule has 0 saturated carbocycles. The van der Waals surface area contributed by atoms with E-state index in [4.69, 9.17) is 0 Å². The highest BCUT2D eigenvalue weighted by Crippen LogP contribution is 2.36. The molecule has 0 bridgehead atoms. The highest BCUT2D eigenvalue weighted by Gasteiger charge is 2.35. The van der Waals surface area contributed by atoms with Gasteiger partial charge in [-0.1, -0.05) is 30.3 Å². The summed E-state index contributed by atoms with van der Waals surface area (Å²) in [6.07, 6.45) is -0.0111. The Morgan fingerprint density at radius 1 is 1.14 bits per heavy atom. The first kappa shape index (κ1) is 18.5. The lowest BCUT2D eigenvalue weighted by Gasteiger charge is -2.26. The van der Waals surface area contributed by atoms with Gasteiger partial charge in [0.25, 0.3) is 5.91 Å². The maximum Gasteiger partial charge on any atom is 0.416 e. The molecule has 0 aliphatic carbocycles. The average Bonchev–Trinajstić information content (AvgIpc) is 3.09. The van der Waals surface area contributed by atoms with E-state index in [1.807, 2.05) is 0 Å². The molecule has 0 fully saturated rings. The molecular weight excluding hydrogens is 387 g/mol. The number of pyridine rings is 1. The van der Waals surface area contributed by atoms with Gasteiger partial charge in [0.2, 0.25) is 5.56 Å². The van der Waals surface area contributed by atoms with Gasteiger partial charge in [0, 0.05) is 6.07 Å². The van der Waals surface area contributed by atoms with Gasteiger partial charge >= 0.3 is 6.18 Å². The maximum absolute atomic E-state index is 13.4. The van der Waals surface area contributed by atoms with E-state index in [0.717, 1.165) is 6.07 Å². The number of nitrogens with one attached hydrogen (secondary N) is 3. The molecule has 148 valence electrons. The zero-order valence-corrected chi connectivity index (χ0v) is 14.7. The highest BCUT2D eigenvalue weighted by molar-refractivity contribution is 6.02. The van der Waals surface area contributed by atoms with Gasteiger partial charge in [-0.15, -0.1) is 0 Å². The van der Waals surface area contributed by atoms with Crippen LogP contribution in [-0.4, -0.2) is 20.6 Å². The zero-order valence-electron chi connectivity index (χ0n) is 14.7. The van der Waals surface area contributed by atoms with E-state index in [1.54, 1.807) is 12.2 Å². The summed E-state index contributed by atoms with van der Waals surface area (Å²) in [6.45, 7) is 0. The van der Waals surface area contributed by atoms with E-state index < -0.39 is 29.2 Å². The predicted octanol–water partition coefficient (Wildman–Crippen LogP) is 3.15. The quantitative estimate of drug-likeness (QED) is 0.629. The van der Waals surface area contributed by atoms with Crippen LogP contribution in [0.25, 0.3) is 6.08 Å². The first-order valence-electron chi connectivity index (χ1n) is 8.52. The Kier molecular flexibility index (Phi) is 4.45. The molecule has 0 radical (unpaired) electrons. The second kappa shape index (κ2) is 6.97. The van der Waals surface area contributed by atoms with Crippen LogP contribution in [0, 0.1) is 0 Å². The van der Waals surface area contributed by atoms with Crippen molar-refractivity contribution in [2.45, 2.75) is 12.2 Å². The van der Waals surface area contributed by atoms with Crippen molar-refractivity contribution in [1.82, 2.24) is 14.6 Å². The van der Waals surface area contributed by atoms with Crippen LogP contribution in [0.4, 0.5) is 19.0 Å². The molecule has 7 nitrogen and oxygen atoms in total. The summed E-state index contributed by atoms with van der Waals surface area (Å²) in [4.78, 5) is 30.3. The molecule has 3 N–H and O–H groups in total. The molecule has 1 aromatic carbocycles. The Morgan fingerprint density at radius 3 is 2.69 bits per heavy atom. The third-order valence-corrected chi connectivity index (χ3v) is 4.35. The van der Waals surface area contributed by atoms with E-state index in [1.165, 1.54) is 47.3 Å². The molecule has 1 amide bonds. The molecule has 3 heterocycles. The van der Waals surface area contributed by atoms with Crippen LogP contribution in [0.1, 0.15) is 33.5 Å². The van der Waals surface area contributed by atoms with E-state index in [0.29, 0.717) is 5.82 Å². The summed E-state index contributed by atoms with van der Waals surface area (Å²) in [5.74, 6) is 0.0325. The Balaban J connectivity index is 1.62. The molecule has 1 atom stereocenters. The lowest BCUT2D eigenvalue weighted by molar-refractivity contribution is -0.138. The number of carbonyl (C=O) groups excluding carboxylic acids is 1. The van der Waals surface area contributed by atoms with Crippen LogP contribution in [-0.2, 0) is 6.18 Å². The van der Waals surface area contributed by atoms with Gasteiger partial charge in [0.05, 0.1) is 17.8 Å². The van der Waals surface area contributed by atoms with Gasteiger partial charge in [0.1, 0.15) is 5.69 Å². The summed E-state index contributed by atoms with van der Waals surface area (Å²) < 4.78 is 41.4. The number of aromatic amines is 1. The van der Waals surface area contributed by atoms with Gasteiger partial charge in [0.15, 0.2) is 11.6 Å². The minimum atomic E-state index is -4.50. The van der Waals surface area contributed by atoms with Gasteiger partial charge in [-0.05, 0) is 23.8 Å². The molecule has 1 unspecified atom stereocenters. The number of H-pyrrole nitrogens is 1. The summed E-state index contributed by atoms with van der Waals surface area (Å²) >= 11 is 0. The number of nitrogens with zero attached hydrogens (tertiary/aromatic N) is 2. The lowest BCUT2D eigenvalue weighted by atomic mass is 9.99. The van der Waals surface area contributed by atoms with Gasteiger partial charge in [-0.2, -0.15) is 13.2 Å². The number of benzene rings is 1. The first-order valence-corrected chi connectivity index (χ1v) is 8.52. The number of carbonyl (C=O) groups is 1. The molecule has 1 aliphatic rings. The monoisotopic (exact) mass is 401 g/mol. The third kappa shape index (κ3) is 3.64. The van der Waals surface area contributed by atoms with Crippen molar-refractivity contribution in [3.8, 4) is 0 Å². The minimum absolute atomic E-state index is 0.0402. The summed E-state index contributed by atoms with van der Waals surface area (Å²) in [7, 11) is 0. The SMILES string of the molecule is O=C(Nc1cnc2n1NC(c1ccccc1C(F)(F)F)C=C2)c1cccc(=O)[nH]1. The van der Waals surface area contributed by atoms with Crippen LogP contribution < -0.4 is 16.3 Å². The molecule has 29 heavy (non-hydrogen) atoms. The first-order chi connectivity index (χ1) is 13.8. The number of hydrogen-bond donors (Lipinski definition) is 3. The summed E-state index contributed by atoms with van der Waals surface area (Å²) in [6, 6.07) is 8.60. The predicted molar refractivity (Wildman–Crippen MR) is 99.8 cm³/mol. The second-order valence-electron chi connectivity index (χ2n) is 6.27. The van der Waals surface area contributed by atoms with Crippen LogP contribution in [0.2, 0.25) is 0 Å². The van der Waals surface area contributed by atoms with Gasteiger partial charge in [-0.25, -0.2) is 9.66 Å². The molecule has 2 aromatic heterocycles. The Labute approximate surface area is 161 Å². The third-order valence-electron chi connectivity index (χ3n) is 4.35. The lowest BCUT2D eigenvalue weighted by Crippen LogP contribution is -2.28. The fourth-order valence-electron chi connectivity index (χ4n) is 3.04. The molecule has 4 rings (SSSR count). The number of anilines is 1. The van der Waals surface area contributed by atoms with Gasteiger partial charge < -0.3 is 15.7 Å². The Bertz CT molecular complexity index is 1160. The fourth-order valence-corrected chi connectivity index (χ4v) is 3.04. The van der Waals surface area contributed by atoms with Crippen LogP contribution >= 0.6 is 0 Å². The molecule has 0 saturated heterocycles. The van der Waals surface area contributed by atoms with Crippen LogP contribution in [0.3, 0.4) is 0 Å². The number of imidazole rings is 1. The summed E-state index contributed by atoms with van der Waals surface area (Å²) in [5, 5.41) is 2.58. The number of amides is 1. The number of aromatic nitrogens is 3. The van der Waals surface area contributed by atoms with Crippen LogP contribution in [0.5, 0.6) is 0 Å². The number of fused-ring (bicyclic) bond motifs is 1. The molecule has 1 aliphatic heterocycles. The van der Waals surface area contributed by atoms with Crippen molar-refractivity contribution in [2.75, 3.05) is 10.7 Å². The van der Waals surface area contributed by atoms with E-state index >= 15 is 0 Å². The van der Waals surface area contributed by atoms with Crippen molar-refractivity contribution in [3.05, 3.63) is 87.7 Å². The standard InChI is InChI=1S/C19H14F3N5O2/c20-19(21,22)12-5-2-1-4-11(12)13-8-9-15-23-10-16(27(15)26-13)25-18(29)14-6-3-7-17(28)24-14/h1-10,13,26H,(H,24,28)(H,25,29). The largest absolute Gasteiger partial charge is 0.416 e. The number of rotatable bonds is 3. The zero-order chi connectivity index (χ0) is 20.6. The number of alkyl halides is 3. The van der Waals surface area contributed by atoms with Crippen molar-refractivity contribution in [2.24, 2.45) is 0 Å². The Hall–Kier alpha value is -3.82. The molecule has 0 spiro atoms. The van der Waals surface area contributed by atoms with Gasteiger partial charge in [-0.3, -0.25) is 9.59 Å². The van der Waals surface area contributed by atoms with Crippen molar-refractivity contribution in [3.63, 3.8) is 0 Å².